The Kier molecular flexibility index (Phi) is 6.52. The standard InChI is InChI=1S/C31H36N4O2/c1-7-24-25(8-2)33-29-28(32-24)30(36)37-31(29,21-16-18-22(19-17-21)34(9-3)10-4)27-20(6)35(11-5)26-15-13-12-14-23(26)27/h12-19H,7-11H2,1-6H3. The number of hydrogen-bond acceptors (Lipinski definition) is 5. The first-order valence-electron chi connectivity index (χ1n) is 13.5. The van der Waals surface area contributed by atoms with Crippen LogP contribution in [0.2, 0.25) is 0 Å². The lowest BCUT2D eigenvalue weighted by Crippen LogP contribution is -2.32. The molecule has 1 aliphatic rings. The number of esters is 1. The smallest absolute Gasteiger partial charge is 0.360 e. The lowest BCUT2D eigenvalue weighted by atomic mass is 9.81. The van der Waals surface area contributed by atoms with Crippen molar-refractivity contribution in [2.45, 2.75) is 66.5 Å². The van der Waals surface area contributed by atoms with E-state index in [4.69, 9.17) is 14.7 Å². The Hall–Kier alpha value is -3.67. The summed E-state index contributed by atoms with van der Waals surface area (Å²) < 4.78 is 8.79. The molecule has 192 valence electrons. The number of aromatic nitrogens is 3. The molecule has 0 saturated heterocycles. The van der Waals surface area contributed by atoms with Crippen LogP contribution in [-0.4, -0.2) is 33.6 Å². The summed E-state index contributed by atoms with van der Waals surface area (Å²) in [6, 6.07) is 16.8. The molecule has 1 atom stereocenters. The van der Waals surface area contributed by atoms with Crippen LogP contribution in [0.4, 0.5) is 5.69 Å². The second-order valence-electron chi connectivity index (χ2n) is 9.53. The van der Waals surface area contributed by atoms with Gasteiger partial charge in [-0.15, -0.1) is 0 Å². The monoisotopic (exact) mass is 496 g/mol. The average molecular weight is 497 g/mol. The third-order valence-corrected chi connectivity index (χ3v) is 7.79. The Morgan fingerprint density at radius 3 is 2.16 bits per heavy atom. The molecular weight excluding hydrogens is 460 g/mol. The summed E-state index contributed by atoms with van der Waals surface area (Å²) in [5.41, 5.74) is 6.71. The molecule has 0 saturated carbocycles. The normalized spacial score (nSPS) is 16.8. The van der Waals surface area contributed by atoms with Gasteiger partial charge in [-0.1, -0.05) is 44.2 Å². The van der Waals surface area contributed by atoms with E-state index in [-0.39, 0.29) is 0 Å². The lowest BCUT2D eigenvalue weighted by molar-refractivity contribution is 0.0242. The first-order chi connectivity index (χ1) is 17.9. The fourth-order valence-electron chi connectivity index (χ4n) is 5.98. The van der Waals surface area contributed by atoms with Crippen LogP contribution in [0.15, 0.2) is 48.5 Å². The number of cyclic esters (lactones) is 1. The van der Waals surface area contributed by atoms with Crippen LogP contribution in [0.5, 0.6) is 0 Å². The van der Waals surface area contributed by atoms with Crippen molar-refractivity contribution in [3.8, 4) is 0 Å². The molecule has 0 radical (unpaired) electrons. The van der Waals surface area contributed by atoms with E-state index < -0.39 is 11.6 Å². The Morgan fingerprint density at radius 2 is 1.54 bits per heavy atom. The van der Waals surface area contributed by atoms with Gasteiger partial charge in [-0.2, -0.15) is 0 Å². The minimum absolute atomic E-state index is 0.328. The second-order valence-corrected chi connectivity index (χ2v) is 9.53. The maximum absolute atomic E-state index is 13.5. The molecule has 0 bridgehead atoms. The molecule has 0 fully saturated rings. The van der Waals surface area contributed by atoms with Gasteiger partial charge < -0.3 is 14.2 Å². The lowest BCUT2D eigenvalue weighted by Gasteiger charge is -2.31. The van der Waals surface area contributed by atoms with Gasteiger partial charge in [-0.3, -0.25) is 0 Å². The van der Waals surface area contributed by atoms with Crippen molar-refractivity contribution in [1.29, 1.82) is 0 Å². The first-order valence-corrected chi connectivity index (χ1v) is 13.5. The largest absolute Gasteiger partial charge is 0.438 e. The van der Waals surface area contributed by atoms with E-state index >= 15 is 0 Å². The Balaban J connectivity index is 1.88. The molecule has 2 aromatic heterocycles. The highest BCUT2D eigenvalue weighted by Gasteiger charge is 2.53. The van der Waals surface area contributed by atoms with Gasteiger partial charge in [0, 0.05) is 53.0 Å². The SMILES string of the molecule is CCc1nc2c(nc1CC)C(c1ccc(N(CC)CC)cc1)(c1c(C)n(CC)c3ccccc13)OC2=O. The van der Waals surface area contributed by atoms with Gasteiger partial charge in [0.1, 0.15) is 5.69 Å². The summed E-state index contributed by atoms with van der Waals surface area (Å²) in [6.07, 6.45) is 1.46. The van der Waals surface area contributed by atoms with Crippen molar-refractivity contribution < 1.29 is 9.53 Å². The first kappa shape index (κ1) is 25.0. The fourth-order valence-corrected chi connectivity index (χ4v) is 5.98. The molecule has 5 rings (SSSR count). The Labute approximate surface area is 219 Å². The highest BCUT2D eigenvalue weighted by Crippen LogP contribution is 2.50. The van der Waals surface area contributed by atoms with Gasteiger partial charge in [0.05, 0.1) is 11.4 Å². The summed E-state index contributed by atoms with van der Waals surface area (Å²) in [5, 5.41) is 1.06. The van der Waals surface area contributed by atoms with Crippen molar-refractivity contribution in [3.05, 3.63) is 88.1 Å². The van der Waals surface area contributed by atoms with Crippen LogP contribution in [-0.2, 0) is 29.7 Å². The van der Waals surface area contributed by atoms with E-state index in [0.717, 1.165) is 77.3 Å². The van der Waals surface area contributed by atoms with Crippen molar-refractivity contribution in [2.24, 2.45) is 0 Å². The molecule has 6 nitrogen and oxygen atoms in total. The highest BCUT2D eigenvalue weighted by atomic mass is 16.6. The van der Waals surface area contributed by atoms with Crippen LogP contribution in [0, 0.1) is 6.92 Å². The maximum atomic E-state index is 13.5. The van der Waals surface area contributed by atoms with Crippen LogP contribution >= 0.6 is 0 Å². The number of rotatable bonds is 8. The number of nitrogens with zero attached hydrogens (tertiary/aromatic N) is 4. The van der Waals surface area contributed by atoms with Gasteiger partial charge in [0.15, 0.2) is 5.69 Å². The summed E-state index contributed by atoms with van der Waals surface area (Å²) in [4.78, 5) is 25.8. The van der Waals surface area contributed by atoms with Crippen LogP contribution in [0.3, 0.4) is 0 Å². The van der Waals surface area contributed by atoms with Gasteiger partial charge in [0.2, 0.25) is 5.60 Å². The molecule has 1 aliphatic heterocycles. The second kappa shape index (κ2) is 9.66. The number of anilines is 1. The number of aryl methyl sites for hydroxylation is 3. The fraction of sp³-hybridized carbons (Fsp3) is 0.387. The number of ether oxygens (including phenoxy) is 1. The zero-order valence-electron chi connectivity index (χ0n) is 22.8. The molecule has 2 aromatic carbocycles. The number of fused-ring (bicyclic) bond motifs is 2. The minimum Gasteiger partial charge on any atom is -0.438 e. The topological polar surface area (TPSA) is 60.3 Å². The van der Waals surface area contributed by atoms with Crippen LogP contribution < -0.4 is 4.90 Å². The summed E-state index contributed by atoms with van der Waals surface area (Å²) >= 11 is 0. The van der Waals surface area contributed by atoms with E-state index in [0.29, 0.717) is 11.4 Å². The predicted octanol–water partition coefficient (Wildman–Crippen LogP) is 6.19. The molecule has 0 N–H and O–H groups in total. The zero-order chi connectivity index (χ0) is 26.3. The van der Waals surface area contributed by atoms with E-state index in [2.05, 4.69) is 86.6 Å². The van der Waals surface area contributed by atoms with Crippen LogP contribution in [0.25, 0.3) is 10.9 Å². The van der Waals surface area contributed by atoms with Crippen molar-refractivity contribution in [1.82, 2.24) is 14.5 Å². The maximum Gasteiger partial charge on any atom is 0.360 e. The molecule has 0 spiro atoms. The molecule has 3 heterocycles. The molecule has 4 aromatic rings. The summed E-state index contributed by atoms with van der Waals surface area (Å²) in [6.45, 7) is 15.4. The number of hydrogen-bond donors (Lipinski definition) is 0. The molecule has 1 unspecified atom stereocenters. The van der Waals surface area contributed by atoms with E-state index in [1.54, 1.807) is 0 Å². The van der Waals surface area contributed by atoms with Crippen molar-refractivity contribution in [2.75, 3.05) is 18.0 Å². The third kappa shape index (κ3) is 3.64. The van der Waals surface area contributed by atoms with E-state index in [1.165, 1.54) is 0 Å². The molecular formula is C31H36N4O2. The Morgan fingerprint density at radius 1 is 0.892 bits per heavy atom. The van der Waals surface area contributed by atoms with Crippen LogP contribution in [0.1, 0.15) is 79.0 Å². The number of carbonyl (C=O) groups is 1. The van der Waals surface area contributed by atoms with Crippen molar-refractivity contribution in [3.63, 3.8) is 0 Å². The minimum atomic E-state index is -1.18. The van der Waals surface area contributed by atoms with Gasteiger partial charge in [0.25, 0.3) is 0 Å². The summed E-state index contributed by atoms with van der Waals surface area (Å²) in [5.74, 6) is -0.416. The average Bonchev–Trinajstić information content (AvgIpc) is 3.38. The zero-order valence-corrected chi connectivity index (χ0v) is 22.8. The molecule has 0 aliphatic carbocycles. The predicted molar refractivity (Wildman–Crippen MR) is 148 cm³/mol. The highest BCUT2D eigenvalue weighted by molar-refractivity contribution is 5.96. The van der Waals surface area contributed by atoms with Gasteiger partial charge in [-0.05, 0) is 58.7 Å². The number of benzene rings is 2. The molecule has 37 heavy (non-hydrogen) atoms. The Bertz CT molecular complexity index is 1470. The molecule has 0 amide bonds. The summed E-state index contributed by atoms with van der Waals surface area (Å²) in [7, 11) is 0. The number of para-hydroxylation sites is 1. The third-order valence-electron chi connectivity index (χ3n) is 7.79. The van der Waals surface area contributed by atoms with E-state index in [9.17, 15) is 4.79 Å². The van der Waals surface area contributed by atoms with Gasteiger partial charge >= 0.3 is 5.97 Å². The van der Waals surface area contributed by atoms with Crippen molar-refractivity contribution >= 4 is 22.6 Å². The number of carbonyl (C=O) groups excluding carboxylic acids is 1. The van der Waals surface area contributed by atoms with E-state index in [1.807, 2.05) is 13.0 Å². The molecule has 6 heteroatoms. The van der Waals surface area contributed by atoms with Gasteiger partial charge in [-0.25, -0.2) is 14.8 Å². The quantitative estimate of drug-likeness (QED) is 0.272.